The van der Waals surface area contributed by atoms with Crippen molar-refractivity contribution in [3.63, 3.8) is 0 Å². The summed E-state index contributed by atoms with van der Waals surface area (Å²) in [4.78, 5) is -0.610. The van der Waals surface area contributed by atoms with Gasteiger partial charge >= 0.3 is 32.5 Å². The predicted molar refractivity (Wildman–Crippen MR) is 73.1 cm³/mol. The van der Waals surface area contributed by atoms with Gasteiger partial charge in [0.15, 0.2) is 0 Å². The van der Waals surface area contributed by atoms with Crippen LogP contribution < -0.4 is 0 Å². The summed E-state index contributed by atoms with van der Waals surface area (Å²) in [6.07, 6.45) is 0. The number of rotatable bonds is 6. The molecule has 0 aromatic heterocycles. The second-order valence-corrected chi connectivity index (χ2v) is 7.65. The van der Waals surface area contributed by atoms with Crippen LogP contribution in [0, 0.1) is 13.8 Å². The summed E-state index contributed by atoms with van der Waals surface area (Å²) in [7, 11) is -7.10. The Morgan fingerprint density at radius 1 is 0.920 bits per heavy atom. The molecule has 0 atom stereocenters. The number of benzene rings is 1. The molecule has 0 radical (unpaired) electrons. The van der Waals surface area contributed by atoms with Crippen molar-refractivity contribution in [2.45, 2.75) is 41.1 Å². The molecule has 1 aromatic rings. The third kappa shape index (κ3) is 3.58. The highest BCUT2D eigenvalue weighted by Gasteiger charge is 2.84. The maximum atomic E-state index is 13.7. The minimum absolute atomic E-state index is 0.0228. The largest absolute Gasteiger partial charge is 0.438 e. The van der Waals surface area contributed by atoms with Crippen LogP contribution in [0.5, 0.6) is 0 Å². The number of thioether (sulfide) groups is 1. The van der Waals surface area contributed by atoms with E-state index >= 15 is 0 Å². The molecule has 0 aliphatic carbocycles. The van der Waals surface area contributed by atoms with Crippen molar-refractivity contribution >= 4 is 21.9 Å². The van der Waals surface area contributed by atoms with Gasteiger partial charge in [-0.3, -0.25) is 4.55 Å². The molecule has 0 fully saturated rings. The lowest BCUT2D eigenvalue weighted by Crippen LogP contribution is -2.63. The fourth-order valence-corrected chi connectivity index (χ4v) is 2.98. The molecule has 144 valence electrons. The highest BCUT2D eigenvalue weighted by molar-refractivity contribution is 8.00. The Morgan fingerprint density at radius 3 is 1.80 bits per heavy atom. The highest BCUT2D eigenvalue weighted by atomic mass is 32.2. The first-order valence-electron chi connectivity index (χ1n) is 6.13. The van der Waals surface area contributed by atoms with E-state index in [2.05, 4.69) is 0 Å². The van der Waals surface area contributed by atoms with Gasteiger partial charge in [0.25, 0.3) is 0 Å². The van der Waals surface area contributed by atoms with E-state index in [0.29, 0.717) is 5.56 Å². The molecule has 0 spiro atoms. The Balaban J connectivity index is 3.38. The van der Waals surface area contributed by atoms with Gasteiger partial charge in [0.05, 0.1) is 0 Å². The summed E-state index contributed by atoms with van der Waals surface area (Å²) in [5.74, 6) is -13.9. The van der Waals surface area contributed by atoms with E-state index in [1.54, 1.807) is 0 Å². The molecule has 0 amide bonds. The average Bonchev–Trinajstić information content (AvgIpc) is 2.40. The second kappa shape index (κ2) is 6.27. The molecule has 25 heavy (non-hydrogen) atoms. The van der Waals surface area contributed by atoms with Gasteiger partial charge < -0.3 is 0 Å². The Morgan fingerprint density at radius 2 is 1.40 bits per heavy atom. The maximum absolute atomic E-state index is 13.7. The van der Waals surface area contributed by atoms with Gasteiger partial charge in [-0.2, -0.15) is 43.5 Å². The zero-order valence-corrected chi connectivity index (χ0v) is 14.0. The first-order chi connectivity index (χ1) is 10.9. The maximum Gasteiger partial charge on any atom is 0.438 e. The number of hydrogen-bond acceptors (Lipinski definition) is 3. The average molecular weight is 418 g/mol. The van der Waals surface area contributed by atoms with Crippen LogP contribution >= 0.6 is 11.8 Å². The van der Waals surface area contributed by atoms with Gasteiger partial charge in [-0.15, -0.1) is 0 Å². The lowest BCUT2D eigenvalue weighted by atomic mass is 10.1. The smallest absolute Gasteiger partial charge is 0.281 e. The second-order valence-electron chi connectivity index (χ2n) is 5.03. The molecular formula is C12H10F8O3S2. The van der Waals surface area contributed by atoms with E-state index in [1.165, 1.54) is 26.0 Å². The van der Waals surface area contributed by atoms with Crippen LogP contribution in [0.25, 0.3) is 0 Å². The third-order valence-electron chi connectivity index (χ3n) is 3.02. The van der Waals surface area contributed by atoms with Gasteiger partial charge in [-0.05, 0) is 37.2 Å². The Labute approximate surface area is 141 Å². The first kappa shape index (κ1) is 22.0. The van der Waals surface area contributed by atoms with Crippen LogP contribution in [0.2, 0.25) is 0 Å². The van der Waals surface area contributed by atoms with Crippen molar-refractivity contribution in [2.24, 2.45) is 0 Å². The zero-order chi connectivity index (χ0) is 20.1. The third-order valence-corrected chi connectivity index (χ3v) is 5.11. The van der Waals surface area contributed by atoms with E-state index in [9.17, 15) is 43.5 Å². The molecule has 3 nitrogen and oxygen atoms in total. The quantitative estimate of drug-likeness (QED) is 0.412. The number of aryl methyl sites for hydroxylation is 2. The van der Waals surface area contributed by atoms with Gasteiger partial charge in [0, 0.05) is 4.90 Å². The molecule has 0 saturated heterocycles. The lowest BCUT2D eigenvalue weighted by molar-refractivity contribution is -0.325. The van der Waals surface area contributed by atoms with E-state index in [-0.39, 0.29) is 5.56 Å². The minimum Gasteiger partial charge on any atom is -0.281 e. The van der Waals surface area contributed by atoms with Crippen LogP contribution in [0.3, 0.4) is 0 Å². The monoisotopic (exact) mass is 418 g/mol. The zero-order valence-electron chi connectivity index (χ0n) is 12.3. The SMILES string of the molecule is Cc1ccc(SC(F)(F)C(F)(F)C(F)(F)C(F)(F)S(=O)(=O)O)c(C)c1. The molecular weight excluding hydrogens is 408 g/mol. The molecule has 0 saturated carbocycles. The van der Waals surface area contributed by atoms with Crippen molar-refractivity contribution in [3.8, 4) is 0 Å². The van der Waals surface area contributed by atoms with Crippen molar-refractivity contribution in [2.75, 3.05) is 0 Å². The minimum atomic E-state index is -7.10. The van der Waals surface area contributed by atoms with Crippen molar-refractivity contribution in [3.05, 3.63) is 29.3 Å². The van der Waals surface area contributed by atoms with Crippen LogP contribution in [-0.4, -0.2) is 35.3 Å². The molecule has 0 heterocycles. The molecule has 1 aromatic carbocycles. The normalized spacial score (nSPS) is 14.7. The molecule has 0 aliphatic rings. The molecule has 0 unspecified atom stereocenters. The summed E-state index contributed by atoms with van der Waals surface area (Å²) >= 11 is -1.13. The van der Waals surface area contributed by atoms with Crippen LogP contribution in [0.4, 0.5) is 35.1 Å². The fraction of sp³-hybridized carbons (Fsp3) is 0.500. The van der Waals surface area contributed by atoms with E-state index in [4.69, 9.17) is 4.55 Å². The Kier molecular flexibility index (Phi) is 5.51. The standard InChI is InChI=1S/C12H10F8O3S2/c1-6-3-4-8(7(2)5-6)24-11(17,18)9(13,14)10(15,16)12(19,20)25(21,22)23/h3-5H,1-2H3,(H,21,22,23). The van der Waals surface area contributed by atoms with E-state index < -0.39 is 49.1 Å². The summed E-state index contributed by atoms with van der Waals surface area (Å²) < 4.78 is 136. The number of alkyl halides is 8. The summed E-state index contributed by atoms with van der Waals surface area (Å²) in [5, 5.41) is -12.7. The molecule has 1 N–H and O–H groups in total. The van der Waals surface area contributed by atoms with E-state index in [0.717, 1.165) is 6.07 Å². The lowest BCUT2D eigenvalue weighted by Gasteiger charge is -2.35. The van der Waals surface area contributed by atoms with Crippen molar-refractivity contribution in [1.82, 2.24) is 0 Å². The summed E-state index contributed by atoms with van der Waals surface area (Å²) in [5.41, 5.74) is 0.505. The molecule has 1 rings (SSSR count). The van der Waals surface area contributed by atoms with Crippen LogP contribution in [0.1, 0.15) is 11.1 Å². The number of halogens is 8. The van der Waals surface area contributed by atoms with Crippen molar-refractivity contribution < 1.29 is 48.1 Å². The van der Waals surface area contributed by atoms with Gasteiger partial charge in [0.1, 0.15) is 0 Å². The Hall–Kier alpha value is -1.08. The highest BCUT2D eigenvalue weighted by Crippen LogP contribution is 2.58. The van der Waals surface area contributed by atoms with Crippen LogP contribution in [0.15, 0.2) is 23.1 Å². The first-order valence-corrected chi connectivity index (χ1v) is 8.38. The van der Waals surface area contributed by atoms with E-state index in [1.807, 2.05) is 0 Å². The number of hydrogen-bond donors (Lipinski definition) is 1. The summed E-state index contributed by atoms with van der Waals surface area (Å²) in [6, 6.07) is 3.33. The fourth-order valence-electron chi connectivity index (χ4n) is 1.64. The van der Waals surface area contributed by atoms with Gasteiger partial charge in [-0.25, -0.2) is 0 Å². The molecule has 13 heteroatoms. The van der Waals surface area contributed by atoms with Crippen molar-refractivity contribution in [1.29, 1.82) is 0 Å². The molecule has 0 aliphatic heterocycles. The van der Waals surface area contributed by atoms with Gasteiger partial charge in [-0.1, -0.05) is 17.7 Å². The Bertz CT molecular complexity index is 762. The topological polar surface area (TPSA) is 54.4 Å². The summed E-state index contributed by atoms with van der Waals surface area (Å²) in [6.45, 7) is 2.71. The van der Waals surface area contributed by atoms with Gasteiger partial charge in [0.2, 0.25) is 0 Å². The van der Waals surface area contributed by atoms with Crippen LogP contribution in [-0.2, 0) is 10.1 Å². The predicted octanol–water partition coefficient (Wildman–Crippen LogP) is 4.74. The molecule has 0 bridgehead atoms.